The second kappa shape index (κ2) is 8.82. The normalized spacial score (nSPS) is 19.4. The molecule has 0 aliphatic carbocycles. The van der Waals surface area contributed by atoms with Gasteiger partial charge in [-0.25, -0.2) is 9.69 Å². The van der Waals surface area contributed by atoms with Crippen molar-refractivity contribution < 1.29 is 19.4 Å². The van der Waals surface area contributed by atoms with Gasteiger partial charge in [-0.3, -0.25) is 4.79 Å². The summed E-state index contributed by atoms with van der Waals surface area (Å²) in [7, 11) is 0. The summed E-state index contributed by atoms with van der Waals surface area (Å²) < 4.78 is 5.88. The molecule has 1 aliphatic rings. The zero-order chi connectivity index (χ0) is 19.2. The van der Waals surface area contributed by atoms with Crippen LogP contribution in [0.5, 0.6) is 0 Å². The number of hydrogen-bond acceptors (Lipinski definition) is 3. The second-order valence-corrected chi connectivity index (χ2v) is 7.11. The summed E-state index contributed by atoms with van der Waals surface area (Å²) >= 11 is 0. The molecule has 5 heteroatoms. The molecular formula is C22H25NO4. The molecule has 1 N–H and O–H groups in total. The summed E-state index contributed by atoms with van der Waals surface area (Å²) in [4.78, 5) is 25.2. The van der Waals surface area contributed by atoms with Crippen LogP contribution in [0.1, 0.15) is 42.1 Å². The summed E-state index contributed by atoms with van der Waals surface area (Å²) in [5.74, 6) is -0.226. The molecule has 1 aliphatic heterocycles. The van der Waals surface area contributed by atoms with E-state index in [9.17, 15) is 14.7 Å². The summed E-state index contributed by atoms with van der Waals surface area (Å²) in [5, 5.41) is 9.47. The fourth-order valence-electron chi connectivity index (χ4n) is 3.45. The number of carbonyl (C=O) groups is 2. The monoisotopic (exact) mass is 367 g/mol. The summed E-state index contributed by atoms with van der Waals surface area (Å²) in [6.45, 7) is 2.71. The lowest BCUT2D eigenvalue weighted by molar-refractivity contribution is -0.131. The van der Waals surface area contributed by atoms with Gasteiger partial charge in [-0.1, -0.05) is 60.2 Å². The molecule has 0 saturated carbocycles. The maximum atomic E-state index is 12.6. The average molecular weight is 367 g/mol. The van der Waals surface area contributed by atoms with Crippen molar-refractivity contribution in [3.63, 3.8) is 0 Å². The van der Waals surface area contributed by atoms with Crippen molar-refractivity contribution in [2.75, 3.05) is 6.61 Å². The van der Waals surface area contributed by atoms with Crippen molar-refractivity contribution in [2.24, 2.45) is 5.92 Å². The number of carbonyl (C=O) groups excluding carboxylic acids is 1. The Bertz CT molecular complexity index is 773. The maximum absolute atomic E-state index is 12.6. The van der Waals surface area contributed by atoms with E-state index in [0.29, 0.717) is 6.61 Å². The topological polar surface area (TPSA) is 66.8 Å². The van der Waals surface area contributed by atoms with Gasteiger partial charge in [0, 0.05) is 13.0 Å². The zero-order valence-corrected chi connectivity index (χ0v) is 15.5. The van der Waals surface area contributed by atoms with E-state index in [4.69, 9.17) is 4.74 Å². The molecule has 142 valence electrons. The van der Waals surface area contributed by atoms with Gasteiger partial charge in [0.05, 0.1) is 12.6 Å². The molecule has 2 unspecified atom stereocenters. The molecule has 3 rings (SSSR count). The minimum absolute atomic E-state index is 0.0375. The molecule has 1 heterocycles. The zero-order valence-electron chi connectivity index (χ0n) is 15.5. The molecule has 2 amide bonds. The minimum Gasteiger partial charge on any atom is -0.465 e. The lowest BCUT2D eigenvalue weighted by Crippen LogP contribution is -2.37. The first-order valence-electron chi connectivity index (χ1n) is 9.28. The standard InChI is InChI=1S/C22H25NO4/c1-16-7-9-19(10-8-16)20-13-18(11-12-27-20)14-21(24)23(22(25)26)15-17-5-3-2-4-6-17/h2-10,18,20H,11-15H2,1H3,(H,25,26). The molecule has 5 nitrogen and oxygen atoms in total. The van der Waals surface area contributed by atoms with Gasteiger partial charge in [-0.2, -0.15) is 0 Å². The first kappa shape index (κ1) is 19.1. The van der Waals surface area contributed by atoms with Gasteiger partial charge in [0.25, 0.3) is 0 Å². The number of imide groups is 1. The van der Waals surface area contributed by atoms with E-state index in [0.717, 1.165) is 28.9 Å². The Hall–Kier alpha value is -2.66. The highest BCUT2D eigenvalue weighted by Gasteiger charge is 2.29. The van der Waals surface area contributed by atoms with E-state index in [1.165, 1.54) is 5.56 Å². The number of ether oxygens (including phenoxy) is 1. The molecule has 2 aromatic carbocycles. The number of rotatable bonds is 5. The highest BCUT2D eigenvalue weighted by atomic mass is 16.5. The van der Waals surface area contributed by atoms with Gasteiger partial charge in [-0.15, -0.1) is 0 Å². The fraction of sp³-hybridized carbons (Fsp3) is 0.364. The predicted molar refractivity (Wildman–Crippen MR) is 102 cm³/mol. The average Bonchev–Trinajstić information content (AvgIpc) is 2.67. The highest BCUT2D eigenvalue weighted by Crippen LogP contribution is 2.33. The van der Waals surface area contributed by atoms with Crippen LogP contribution in [0.2, 0.25) is 0 Å². The molecule has 2 aromatic rings. The van der Waals surface area contributed by atoms with Crippen molar-refractivity contribution in [2.45, 2.75) is 38.8 Å². The van der Waals surface area contributed by atoms with Crippen molar-refractivity contribution in [3.05, 3.63) is 71.3 Å². The molecular weight excluding hydrogens is 342 g/mol. The van der Waals surface area contributed by atoms with Gasteiger partial charge < -0.3 is 9.84 Å². The van der Waals surface area contributed by atoms with E-state index < -0.39 is 6.09 Å². The summed E-state index contributed by atoms with van der Waals surface area (Å²) in [5.41, 5.74) is 3.11. The van der Waals surface area contributed by atoms with E-state index >= 15 is 0 Å². The van der Waals surface area contributed by atoms with Crippen LogP contribution in [0.3, 0.4) is 0 Å². The van der Waals surface area contributed by atoms with Crippen LogP contribution in [0.4, 0.5) is 4.79 Å². The minimum atomic E-state index is -1.20. The molecule has 0 radical (unpaired) electrons. The van der Waals surface area contributed by atoms with Gasteiger partial charge in [0.2, 0.25) is 5.91 Å². The lowest BCUT2D eigenvalue weighted by atomic mass is 9.89. The summed E-state index contributed by atoms with van der Waals surface area (Å²) in [6, 6.07) is 17.4. The Balaban J connectivity index is 1.62. The van der Waals surface area contributed by atoms with Crippen LogP contribution >= 0.6 is 0 Å². The van der Waals surface area contributed by atoms with Crippen LogP contribution < -0.4 is 0 Å². The van der Waals surface area contributed by atoms with Crippen molar-refractivity contribution >= 4 is 12.0 Å². The largest absolute Gasteiger partial charge is 0.465 e. The summed E-state index contributed by atoms with van der Waals surface area (Å²) in [6.07, 6.45) is 0.487. The Kier molecular flexibility index (Phi) is 6.24. The number of hydrogen-bond donors (Lipinski definition) is 1. The van der Waals surface area contributed by atoms with Crippen molar-refractivity contribution in [1.29, 1.82) is 0 Å². The van der Waals surface area contributed by atoms with Crippen LogP contribution in [0.15, 0.2) is 54.6 Å². The molecule has 0 bridgehead atoms. The quantitative estimate of drug-likeness (QED) is 0.841. The Morgan fingerprint density at radius 2 is 1.81 bits per heavy atom. The first-order chi connectivity index (χ1) is 13.0. The van der Waals surface area contributed by atoms with Crippen LogP contribution in [0.25, 0.3) is 0 Å². The number of nitrogens with zero attached hydrogens (tertiary/aromatic N) is 1. The van der Waals surface area contributed by atoms with Gasteiger partial charge >= 0.3 is 6.09 Å². The molecule has 1 fully saturated rings. The second-order valence-electron chi connectivity index (χ2n) is 7.11. The molecule has 0 spiro atoms. The highest BCUT2D eigenvalue weighted by molar-refractivity contribution is 5.91. The van der Waals surface area contributed by atoms with Gasteiger partial charge in [-0.05, 0) is 36.8 Å². The number of aryl methyl sites for hydroxylation is 1. The maximum Gasteiger partial charge on any atom is 0.414 e. The molecule has 1 saturated heterocycles. The molecule has 27 heavy (non-hydrogen) atoms. The van der Waals surface area contributed by atoms with E-state index in [1.807, 2.05) is 37.3 Å². The van der Waals surface area contributed by atoms with Crippen molar-refractivity contribution in [3.8, 4) is 0 Å². The predicted octanol–water partition coefficient (Wildman–Crippen LogP) is 4.56. The number of amides is 2. The van der Waals surface area contributed by atoms with E-state index in [2.05, 4.69) is 24.3 Å². The Morgan fingerprint density at radius 1 is 1.11 bits per heavy atom. The van der Waals surface area contributed by atoms with Crippen LogP contribution in [-0.4, -0.2) is 28.6 Å². The lowest BCUT2D eigenvalue weighted by Gasteiger charge is -2.30. The van der Waals surface area contributed by atoms with Gasteiger partial charge in [0.1, 0.15) is 0 Å². The molecule has 2 atom stereocenters. The third-order valence-corrected chi connectivity index (χ3v) is 5.02. The SMILES string of the molecule is Cc1ccc(C2CC(CC(=O)N(Cc3ccccc3)C(=O)O)CCO2)cc1. The Labute approximate surface area is 159 Å². The number of carboxylic acid groups (broad SMARTS) is 1. The van der Waals surface area contributed by atoms with E-state index in [-0.39, 0.29) is 30.9 Å². The van der Waals surface area contributed by atoms with E-state index in [1.54, 1.807) is 0 Å². The van der Waals surface area contributed by atoms with Crippen LogP contribution in [-0.2, 0) is 16.1 Å². The first-order valence-corrected chi connectivity index (χ1v) is 9.28. The Morgan fingerprint density at radius 3 is 2.48 bits per heavy atom. The third-order valence-electron chi connectivity index (χ3n) is 5.02. The number of benzene rings is 2. The van der Waals surface area contributed by atoms with Crippen LogP contribution in [0, 0.1) is 12.8 Å². The fourth-order valence-corrected chi connectivity index (χ4v) is 3.45. The smallest absolute Gasteiger partial charge is 0.414 e. The van der Waals surface area contributed by atoms with Crippen molar-refractivity contribution in [1.82, 2.24) is 4.90 Å². The van der Waals surface area contributed by atoms with Gasteiger partial charge in [0.15, 0.2) is 0 Å². The third kappa shape index (κ3) is 5.17. The molecule has 0 aromatic heterocycles.